The Morgan fingerprint density at radius 3 is 2.71 bits per heavy atom. The Bertz CT molecular complexity index is 1140. The molecule has 8 heteroatoms. The van der Waals surface area contributed by atoms with Gasteiger partial charge in [-0.25, -0.2) is 9.97 Å². The monoisotopic (exact) mass is 395 g/mol. The van der Waals surface area contributed by atoms with E-state index in [-0.39, 0.29) is 0 Å². The maximum Gasteiger partial charge on any atom is 0.163 e. The molecule has 0 atom stereocenters. The van der Waals surface area contributed by atoms with E-state index in [2.05, 4.69) is 26.9 Å². The zero-order valence-electron chi connectivity index (χ0n) is 16.4. The molecule has 0 fully saturated rings. The van der Waals surface area contributed by atoms with E-state index >= 15 is 0 Å². The van der Waals surface area contributed by atoms with Crippen LogP contribution in [0.25, 0.3) is 11.0 Å². The molecule has 0 N–H and O–H groups in total. The van der Waals surface area contributed by atoms with Crippen molar-refractivity contribution in [2.75, 3.05) is 11.9 Å². The van der Waals surface area contributed by atoms with Crippen LogP contribution in [0.1, 0.15) is 22.5 Å². The predicted molar refractivity (Wildman–Crippen MR) is 111 cm³/mol. The number of hydrogen-bond donors (Lipinski definition) is 0. The summed E-state index contributed by atoms with van der Waals surface area (Å²) < 4.78 is 3.77. The molecule has 4 aromatic rings. The number of nitrogens with zero attached hydrogens (tertiary/aromatic N) is 7. The second-order valence-electron chi connectivity index (χ2n) is 6.96. The molecular formula is C20H22ClN7. The fraction of sp³-hybridized carbons (Fsp3) is 0.300. The van der Waals surface area contributed by atoms with Crippen molar-refractivity contribution >= 4 is 28.5 Å². The van der Waals surface area contributed by atoms with E-state index in [1.54, 1.807) is 11.0 Å². The Hall–Kier alpha value is -2.93. The first kappa shape index (κ1) is 18.4. The second-order valence-corrected chi connectivity index (χ2v) is 7.36. The van der Waals surface area contributed by atoms with Crippen molar-refractivity contribution < 1.29 is 0 Å². The van der Waals surface area contributed by atoms with E-state index in [4.69, 9.17) is 16.7 Å². The van der Waals surface area contributed by atoms with E-state index in [9.17, 15) is 0 Å². The van der Waals surface area contributed by atoms with Crippen molar-refractivity contribution in [1.29, 1.82) is 0 Å². The summed E-state index contributed by atoms with van der Waals surface area (Å²) in [7, 11) is 3.91. The third-order valence-electron chi connectivity index (χ3n) is 5.07. The lowest BCUT2D eigenvalue weighted by Gasteiger charge is -2.19. The summed E-state index contributed by atoms with van der Waals surface area (Å²) in [5.41, 5.74) is 5.20. The highest BCUT2D eigenvalue weighted by Crippen LogP contribution is 2.25. The fourth-order valence-electron chi connectivity index (χ4n) is 3.47. The summed E-state index contributed by atoms with van der Waals surface area (Å²) in [5.74, 6) is 0.857. The number of fused-ring (bicyclic) bond motifs is 1. The van der Waals surface area contributed by atoms with E-state index in [1.807, 2.05) is 56.2 Å². The SMILES string of the molecule is Cc1nn(Cc2ccccc2Cl)c(C)c1CN(C)c1ncnc2c1cnn2C. The molecule has 0 amide bonds. The van der Waals surface area contributed by atoms with Crippen LogP contribution in [0.15, 0.2) is 36.8 Å². The quantitative estimate of drug-likeness (QED) is 0.517. The van der Waals surface area contributed by atoms with Crippen LogP contribution in [-0.4, -0.2) is 36.6 Å². The third-order valence-corrected chi connectivity index (χ3v) is 5.44. The van der Waals surface area contributed by atoms with Crippen LogP contribution in [0.5, 0.6) is 0 Å². The Balaban J connectivity index is 1.63. The van der Waals surface area contributed by atoms with Gasteiger partial charge in [-0.1, -0.05) is 29.8 Å². The van der Waals surface area contributed by atoms with Gasteiger partial charge >= 0.3 is 0 Å². The van der Waals surface area contributed by atoms with Crippen molar-refractivity contribution in [3.8, 4) is 0 Å². The number of halogens is 1. The molecule has 0 saturated carbocycles. The Morgan fingerprint density at radius 2 is 1.93 bits per heavy atom. The average molecular weight is 396 g/mol. The van der Waals surface area contributed by atoms with Crippen LogP contribution >= 0.6 is 11.6 Å². The van der Waals surface area contributed by atoms with Gasteiger partial charge in [0, 0.05) is 36.9 Å². The van der Waals surface area contributed by atoms with E-state index in [0.29, 0.717) is 13.1 Å². The molecule has 0 aliphatic rings. The molecule has 0 spiro atoms. The molecule has 0 radical (unpaired) electrons. The topological polar surface area (TPSA) is 64.7 Å². The molecule has 4 rings (SSSR count). The summed E-state index contributed by atoms with van der Waals surface area (Å²) in [4.78, 5) is 10.9. The Morgan fingerprint density at radius 1 is 1.14 bits per heavy atom. The van der Waals surface area contributed by atoms with Gasteiger partial charge in [-0.05, 0) is 25.5 Å². The molecule has 0 aliphatic heterocycles. The standard InChI is InChI=1S/C20H22ClN7/c1-13-17(14(2)28(25-13)10-15-7-5-6-8-18(15)21)11-26(3)19-16-9-24-27(4)20(16)23-12-22-19/h5-9,12H,10-11H2,1-4H3. The first-order valence-corrected chi connectivity index (χ1v) is 9.43. The lowest BCUT2D eigenvalue weighted by atomic mass is 10.1. The third kappa shape index (κ3) is 3.22. The van der Waals surface area contributed by atoms with Crippen molar-refractivity contribution in [3.05, 3.63) is 64.3 Å². The molecule has 0 bridgehead atoms. The van der Waals surface area contributed by atoms with Gasteiger partial charge in [0.2, 0.25) is 0 Å². The first-order valence-electron chi connectivity index (χ1n) is 9.06. The van der Waals surface area contributed by atoms with Gasteiger partial charge < -0.3 is 4.90 Å². The zero-order chi connectivity index (χ0) is 19.8. The highest BCUT2D eigenvalue weighted by atomic mass is 35.5. The average Bonchev–Trinajstić information content (AvgIpc) is 3.18. The van der Waals surface area contributed by atoms with Crippen LogP contribution in [0, 0.1) is 13.8 Å². The molecule has 3 aromatic heterocycles. The summed E-state index contributed by atoms with van der Waals surface area (Å²) >= 11 is 6.32. The first-order chi connectivity index (χ1) is 13.5. The summed E-state index contributed by atoms with van der Waals surface area (Å²) in [6, 6.07) is 7.88. The van der Waals surface area contributed by atoms with Gasteiger partial charge in [-0.3, -0.25) is 9.36 Å². The van der Waals surface area contributed by atoms with Gasteiger partial charge in [0.05, 0.1) is 23.8 Å². The largest absolute Gasteiger partial charge is 0.354 e. The van der Waals surface area contributed by atoms with E-state index in [0.717, 1.165) is 38.8 Å². The molecule has 0 unspecified atom stereocenters. The minimum absolute atomic E-state index is 0.649. The van der Waals surface area contributed by atoms with Crippen LogP contribution in [0.3, 0.4) is 0 Å². The van der Waals surface area contributed by atoms with Crippen molar-refractivity contribution in [2.45, 2.75) is 26.9 Å². The maximum absolute atomic E-state index is 6.32. The predicted octanol–water partition coefficient (Wildman–Crippen LogP) is 3.51. The molecule has 28 heavy (non-hydrogen) atoms. The van der Waals surface area contributed by atoms with Crippen molar-refractivity contribution in [1.82, 2.24) is 29.5 Å². The molecular weight excluding hydrogens is 374 g/mol. The highest BCUT2D eigenvalue weighted by Gasteiger charge is 2.17. The molecule has 144 valence electrons. The van der Waals surface area contributed by atoms with Gasteiger partial charge in [-0.15, -0.1) is 0 Å². The number of anilines is 1. The van der Waals surface area contributed by atoms with E-state index in [1.165, 1.54) is 5.56 Å². The minimum Gasteiger partial charge on any atom is -0.354 e. The number of aryl methyl sites for hydroxylation is 2. The van der Waals surface area contributed by atoms with Gasteiger partial charge in [0.1, 0.15) is 12.1 Å². The number of aromatic nitrogens is 6. The maximum atomic E-state index is 6.32. The summed E-state index contributed by atoms with van der Waals surface area (Å²) in [6.45, 7) is 5.48. The Kier molecular flexibility index (Phi) is 4.77. The molecule has 0 saturated heterocycles. The zero-order valence-corrected chi connectivity index (χ0v) is 17.1. The highest BCUT2D eigenvalue weighted by molar-refractivity contribution is 6.31. The van der Waals surface area contributed by atoms with Gasteiger partial charge in [0.25, 0.3) is 0 Å². The van der Waals surface area contributed by atoms with Gasteiger partial charge in [0.15, 0.2) is 5.65 Å². The van der Waals surface area contributed by atoms with Crippen LogP contribution in [-0.2, 0) is 20.1 Å². The molecule has 3 heterocycles. The normalized spacial score (nSPS) is 11.3. The molecule has 0 aliphatic carbocycles. The van der Waals surface area contributed by atoms with E-state index < -0.39 is 0 Å². The lowest BCUT2D eigenvalue weighted by molar-refractivity contribution is 0.658. The second kappa shape index (κ2) is 7.24. The van der Waals surface area contributed by atoms with Crippen LogP contribution in [0.2, 0.25) is 5.02 Å². The summed E-state index contributed by atoms with van der Waals surface area (Å²) in [6.07, 6.45) is 3.39. The van der Waals surface area contributed by atoms with Gasteiger partial charge in [-0.2, -0.15) is 10.2 Å². The minimum atomic E-state index is 0.649. The molecule has 7 nitrogen and oxygen atoms in total. The fourth-order valence-corrected chi connectivity index (χ4v) is 3.67. The summed E-state index contributed by atoms with van der Waals surface area (Å²) in [5, 5.41) is 10.7. The number of hydrogen-bond acceptors (Lipinski definition) is 5. The Labute approximate surface area is 168 Å². The number of rotatable bonds is 5. The number of benzene rings is 1. The van der Waals surface area contributed by atoms with Crippen molar-refractivity contribution in [2.24, 2.45) is 7.05 Å². The van der Waals surface area contributed by atoms with Crippen molar-refractivity contribution in [3.63, 3.8) is 0 Å². The van der Waals surface area contributed by atoms with Crippen LogP contribution < -0.4 is 4.90 Å². The smallest absolute Gasteiger partial charge is 0.163 e. The molecule has 1 aromatic carbocycles. The van der Waals surface area contributed by atoms with Crippen LogP contribution in [0.4, 0.5) is 5.82 Å². The lowest BCUT2D eigenvalue weighted by Crippen LogP contribution is -2.19.